The van der Waals surface area contributed by atoms with E-state index < -0.39 is 10.4 Å². The van der Waals surface area contributed by atoms with Crippen LogP contribution < -0.4 is 4.74 Å². The van der Waals surface area contributed by atoms with Crippen molar-refractivity contribution in [2.75, 3.05) is 44.7 Å². The number of unbranched alkanes of at least 4 members (excludes halogenated alkanes) is 1. The minimum atomic E-state index is -4.41. The molecule has 0 aromatic heterocycles. The van der Waals surface area contributed by atoms with Gasteiger partial charge in [-0.05, 0) is 28.9 Å². The van der Waals surface area contributed by atoms with Crippen LogP contribution in [0.15, 0.2) is 54.6 Å². The highest BCUT2D eigenvalue weighted by Gasteiger charge is 2.09. The Labute approximate surface area is 183 Å². The largest absolute Gasteiger partial charge is 0.726 e. The Kier molecular flexibility index (Phi) is 13.5. The smallest absolute Gasteiger partial charge is 0.217 e. The number of rotatable bonds is 12. The standard InChI is InChI=1S/C21H29O2S.CH4O4S/c1-3-4-17-24(2)18-16-22-14-15-23-21-13-9-8-12-20(21)19-10-6-5-7-11-19;1-5-6(2,3)4/h5-13H,3-4,14-18H2,1-2H3;1H3,(H,2,3,4)/q+1;/p-1. The van der Waals surface area contributed by atoms with Gasteiger partial charge in [0.1, 0.15) is 23.9 Å². The number of hydrogen-bond acceptors (Lipinski definition) is 6. The van der Waals surface area contributed by atoms with E-state index in [4.69, 9.17) is 9.47 Å². The molecule has 1 unspecified atom stereocenters. The first-order valence-electron chi connectivity index (χ1n) is 9.83. The van der Waals surface area contributed by atoms with Crippen LogP contribution in [0, 0.1) is 0 Å². The van der Waals surface area contributed by atoms with Crippen LogP contribution in [0.1, 0.15) is 19.8 Å². The van der Waals surface area contributed by atoms with Crippen LogP contribution in [0.5, 0.6) is 5.75 Å². The summed E-state index contributed by atoms with van der Waals surface area (Å²) in [6.07, 6.45) is 4.96. The van der Waals surface area contributed by atoms with Gasteiger partial charge >= 0.3 is 0 Å². The summed E-state index contributed by atoms with van der Waals surface area (Å²) in [6.45, 7) is 4.33. The van der Waals surface area contributed by atoms with Crippen LogP contribution >= 0.6 is 0 Å². The summed E-state index contributed by atoms with van der Waals surface area (Å²) >= 11 is 0. The molecule has 2 aromatic rings. The third kappa shape index (κ3) is 12.2. The van der Waals surface area contributed by atoms with Gasteiger partial charge in [-0.25, -0.2) is 8.42 Å². The minimum Gasteiger partial charge on any atom is -0.726 e. The molecule has 2 rings (SSSR count). The van der Waals surface area contributed by atoms with Gasteiger partial charge in [-0.2, -0.15) is 0 Å². The first kappa shape index (κ1) is 26.5. The molecule has 0 fully saturated rings. The van der Waals surface area contributed by atoms with Crippen LogP contribution in [-0.4, -0.2) is 57.7 Å². The fourth-order valence-electron chi connectivity index (χ4n) is 2.46. The summed E-state index contributed by atoms with van der Waals surface area (Å²) in [6, 6.07) is 18.5. The van der Waals surface area contributed by atoms with Crippen LogP contribution in [0.2, 0.25) is 0 Å². The van der Waals surface area contributed by atoms with Crippen molar-refractivity contribution in [1.29, 1.82) is 0 Å². The molecule has 6 nitrogen and oxygen atoms in total. The van der Waals surface area contributed by atoms with Gasteiger partial charge in [-0.3, -0.25) is 4.18 Å². The lowest BCUT2D eigenvalue weighted by Crippen LogP contribution is -2.16. The van der Waals surface area contributed by atoms with E-state index in [0.29, 0.717) is 24.1 Å². The van der Waals surface area contributed by atoms with Gasteiger partial charge in [0.15, 0.2) is 0 Å². The van der Waals surface area contributed by atoms with Gasteiger partial charge in [0.2, 0.25) is 10.4 Å². The third-order valence-electron chi connectivity index (χ3n) is 4.08. The van der Waals surface area contributed by atoms with E-state index in [0.717, 1.165) is 25.0 Å². The normalized spacial score (nSPS) is 12.0. The summed E-state index contributed by atoms with van der Waals surface area (Å²) in [4.78, 5) is 0. The topological polar surface area (TPSA) is 84.9 Å². The lowest BCUT2D eigenvalue weighted by atomic mass is 10.1. The molecule has 0 spiro atoms. The second-order valence-electron chi connectivity index (χ2n) is 6.44. The van der Waals surface area contributed by atoms with Gasteiger partial charge in [0.25, 0.3) is 0 Å². The molecule has 0 aliphatic rings. The fraction of sp³-hybridized carbons (Fsp3) is 0.455. The Hall–Kier alpha value is -1.58. The van der Waals surface area contributed by atoms with Crippen molar-refractivity contribution >= 4 is 21.3 Å². The summed E-state index contributed by atoms with van der Waals surface area (Å²) in [5.74, 6) is 3.42. The van der Waals surface area contributed by atoms with Crippen molar-refractivity contribution in [3.8, 4) is 16.9 Å². The Bertz CT molecular complexity index is 796. The highest BCUT2D eigenvalue weighted by atomic mass is 32.3. The van der Waals surface area contributed by atoms with E-state index in [9.17, 15) is 13.0 Å². The van der Waals surface area contributed by atoms with Gasteiger partial charge < -0.3 is 14.0 Å². The molecule has 0 N–H and O–H groups in total. The van der Waals surface area contributed by atoms with Crippen LogP contribution in [0.3, 0.4) is 0 Å². The van der Waals surface area contributed by atoms with Crippen LogP contribution in [-0.2, 0) is 30.2 Å². The monoisotopic (exact) mass is 456 g/mol. The van der Waals surface area contributed by atoms with E-state index in [2.05, 4.69) is 47.7 Å². The number of para-hydroxylation sites is 1. The predicted octanol–water partition coefficient (Wildman–Crippen LogP) is 3.89. The summed E-state index contributed by atoms with van der Waals surface area (Å²) < 4.78 is 42.7. The molecular weight excluding hydrogens is 424 g/mol. The summed E-state index contributed by atoms with van der Waals surface area (Å²) in [5.41, 5.74) is 2.31. The number of ether oxygens (including phenoxy) is 2. The molecule has 0 saturated heterocycles. The molecule has 8 heteroatoms. The lowest BCUT2D eigenvalue weighted by molar-refractivity contribution is 0.112. The molecule has 0 amide bonds. The van der Waals surface area contributed by atoms with E-state index in [1.54, 1.807) is 0 Å². The second kappa shape index (κ2) is 15.3. The first-order chi connectivity index (χ1) is 14.4. The molecule has 0 heterocycles. The summed E-state index contributed by atoms with van der Waals surface area (Å²) in [5, 5.41) is 0. The predicted molar refractivity (Wildman–Crippen MR) is 123 cm³/mol. The zero-order valence-corrected chi connectivity index (χ0v) is 19.5. The maximum Gasteiger partial charge on any atom is 0.217 e. The van der Waals surface area contributed by atoms with Crippen molar-refractivity contribution in [1.82, 2.24) is 0 Å². The molecule has 2 aromatic carbocycles. The van der Waals surface area contributed by atoms with Gasteiger partial charge in [0, 0.05) is 5.56 Å². The van der Waals surface area contributed by atoms with Crippen molar-refractivity contribution < 1.29 is 26.6 Å². The van der Waals surface area contributed by atoms with Gasteiger partial charge in [0.05, 0.1) is 26.6 Å². The molecule has 0 aliphatic carbocycles. The molecular formula is C22H32O6S2. The van der Waals surface area contributed by atoms with E-state index in [1.807, 2.05) is 24.3 Å². The highest BCUT2D eigenvalue weighted by molar-refractivity contribution is 7.96. The van der Waals surface area contributed by atoms with Crippen molar-refractivity contribution in [2.45, 2.75) is 19.8 Å². The number of benzene rings is 2. The van der Waals surface area contributed by atoms with Gasteiger partial charge in [-0.1, -0.05) is 61.9 Å². The Morgan fingerprint density at radius 1 is 0.933 bits per heavy atom. The summed E-state index contributed by atoms with van der Waals surface area (Å²) in [7, 11) is -3.11. The second-order valence-corrected chi connectivity index (χ2v) is 9.97. The highest BCUT2D eigenvalue weighted by Crippen LogP contribution is 2.29. The molecule has 168 valence electrons. The van der Waals surface area contributed by atoms with Crippen LogP contribution in [0.25, 0.3) is 11.1 Å². The van der Waals surface area contributed by atoms with E-state index >= 15 is 0 Å². The Balaban J connectivity index is 0.000000656. The van der Waals surface area contributed by atoms with Crippen molar-refractivity contribution in [2.24, 2.45) is 0 Å². The Morgan fingerprint density at radius 3 is 2.20 bits per heavy atom. The lowest BCUT2D eigenvalue weighted by Gasteiger charge is -2.12. The maximum atomic E-state index is 9.22. The zero-order valence-electron chi connectivity index (χ0n) is 17.9. The quantitative estimate of drug-likeness (QED) is 0.208. The Morgan fingerprint density at radius 2 is 1.57 bits per heavy atom. The molecule has 30 heavy (non-hydrogen) atoms. The molecule has 1 atom stereocenters. The van der Waals surface area contributed by atoms with E-state index in [-0.39, 0.29) is 0 Å². The van der Waals surface area contributed by atoms with Crippen LogP contribution in [0.4, 0.5) is 0 Å². The average Bonchev–Trinajstić information content (AvgIpc) is 2.75. The number of hydrogen-bond donors (Lipinski definition) is 0. The minimum absolute atomic E-state index is 0.494. The molecule has 0 radical (unpaired) electrons. The third-order valence-corrected chi connectivity index (χ3v) is 6.34. The SMILES string of the molecule is CCCC[S+](C)CCOCCOc1ccccc1-c1ccccc1.COS(=O)(=O)[O-]. The fourth-order valence-corrected chi connectivity index (χ4v) is 3.84. The van der Waals surface area contributed by atoms with Gasteiger partial charge in [-0.15, -0.1) is 0 Å². The maximum absolute atomic E-state index is 9.22. The molecule has 0 bridgehead atoms. The van der Waals surface area contributed by atoms with E-state index in [1.165, 1.54) is 29.9 Å². The average molecular weight is 457 g/mol. The first-order valence-corrected chi connectivity index (χ1v) is 13.1. The zero-order chi connectivity index (χ0) is 22.2. The van der Waals surface area contributed by atoms with Crippen molar-refractivity contribution in [3.63, 3.8) is 0 Å². The van der Waals surface area contributed by atoms with Crippen molar-refractivity contribution in [3.05, 3.63) is 54.6 Å². The molecule has 0 aliphatic heterocycles. The molecule has 0 saturated carbocycles.